The molecule has 0 aliphatic rings. The van der Waals surface area contributed by atoms with Gasteiger partial charge in [-0.25, -0.2) is 0 Å². The molecule has 0 atom stereocenters. The average molecular weight is 185 g/mol. The summed E-state index contributed by atoms with van der Waals surface area (Å²) in [5.41, 5.74) is 3.74. The number of aryl methyl sites for hydroxylation is 2. The molecule has 0 radical (unpaired) electrons. The standard InChI is InChI=1S/C12H11NO/c1-8-5-10(7-14)6-11-4-3-9(2)13-12(8)11/h3-7H,1-2H3. The fourth-order valence-electron chi connectivity index (χ4n) is 1.61. The molecule has 2 heteroatoms. The number of hydrogen-bond acceptors (Lipinski definition) is 2. The zero-order chi connectivity index (χ0) is 10.1. The minimum atomic E-state index is 0.709. The van der Waals surface area contributed by atoms with Crippen molar-refractivity contribution in [1.29, 1.82) is 0 Å². The smallest absolute Gasteiger partial charge is 0.150 e. The van der Waals surface area contributed by atoms with Crippen LogP contribution in [0.5, 0.6) is 0 Å². The monoisotopic (exact) mass is 185 g/mol. The highest BCUT2D eigenvalue weighted by Crippen LogP contribution is 2.18. The van der Waals surface area contributed by atoms with Crippen LogP contribution < -0.4 is 0 Å². The van der Waals surface area contributed by atoms with E-state index in [1.807, 2.05) is 38.1 Å². The van der Waals surface area contributed by atoms with Crippen molar-refractivity contribution in [2.45, 2.75) is 13.8 Å². The number of aldehydes is 1. The molecule has 0 aliphatic carbocycles. The van der Waals surface area contributed by atoms with Gasteiger partial charge in [0, 0.05) is 16.6 Å². The second-order valence-corrected chi connectivity index (χ2v) is 3.48. The summed E-state index contributed by atoms with van der Waals surface area (Å²) in [6.07, 6.45) is 0.867. The molecule has 0 aliphatic heterocycles. The van der Waals surface area contributed by atoms with Crippen LogP contribution in [0.15, 0.2) is 24.3 Å². The maximum Gasteiger partial charge on any atom is 0.150 e. The predicted molar refractivity (Wildman–Crippen MR) is 56.6 cm³/mol. The number of carbonyl (C=O) groups excluding carboxylic acids is 1. The van der Waals surface area contributed by atoms with Gasteiger partial charge in [-0.1, -0.05) is 6.07 Å². The Kier molecular flexibility index (Phi) is 2.04. The molecule has 0 N–H and O–H groups in total. The van der Waals surface area contributed by atoms with Crippen LogP contribution in [0, 0.1) is 13.8 Å². The van der Waals surface area contributed by atoms with Crippen LogP contribution in [0.25, 0.3) is 10.9 Å². The van der Waals surface area contributed by atoms with Crippen LogP contribution in [0.4, 0.5) is 0 Å². The molecule has 0 bridgehead atoms. The van der Waals surface area contributed by atoms with E-state index in [0.29, 0.717) is 5.56 Å². The number of pyridine rings is 1. The molecule has 0 saturated carbocycles. The molecule has 1 aromatic carbocycles. The van der Waals surface area contributed by atoms with Crippen molar-refractivity contribution >= 4 is 17.2 Å². The van der Waals surface area contributed by atoms with E-state index in [1.54, 1.807) is 0 Å². The fourth-order valence-corrected chi connectivity index (χ4v) is 1.61. The molecular formula is C12H11NO. The normalized spacial score (nSPS) is 10.4. The summed E-state index contributed by atoms with van der Waals surface area (Å²) in [4.78, 5) is 15.1. The maximum atomic E-state index is 10.6. The lowest BCUT2D eigenvalue weighted by Crippen LogP contribution is -1.89. The van der Waals surface area contributed by atoms with E-state index < -0.39 is 0 Å². The van der Waals surface area contributed by atoms with Gasteiger partial charge in [0.15, 0.2) is 0 Å². The van der Waals surface area contributed by atoms with Crippen molar-refractivity contribution in [2.24, 2.45) is 0 Å². The lowest BCUT2D eigenvalue weighted by molar-refractivity contribution is 0.112. The lowest BCUT2D eigenvalue weighted by Gasteiger charge is -2.03. The van der Waals surface area contributed by atoms with Gasteiger partial charge in [0.25, 0.3) is 0 Å². The molecule has 0 saturated heterocycles. The van der Waals surface area contributed by atoms with Gasteiger partial charge in [-0.05, 0) is 37.6 Å². The molecule has 2 aromatic rings. The van der Waals surface area contributed by atoms with Crippen molar-refractivity contribution in [2.75, 3.05) is 0 Å². The van der Waals surface area contributed by atoms with Crippen LogP contribution in [-0.4, -0.2) is 11.3 Å². The Hall–Kier alpha value is -1.70. The van der Waals surface area contributed by atoms with Crippen LogP contribution in [-0.2, 0) is 0 Å². The molecular weight excluding hydrogens is 174 g/mol. The number of aromatic nitrogens is 1. The number of hydrogen-bond donors (Lipinski definition) is 0. The third-order valence-electron chi connectivity index (χ3n) is 2.28. The quantitative estimate of drug-likeness (QED) is 0.639. The minimum absolute atomic E-state index is 0.709. The third-order valence-corrected chi connectivity index (χ3v) is 2.28. The van der Waals surface area contributed by atoms with E-state index in [9.17, 15) is 4.79 Å². The number of carbonyl (C=O) groups is 1. The molecule has 1 heterocycles. The largest absolute Gasteiger partial charge is 0.298 e. The number of rotatable bonds is 1. The Morgan fingerprint density at radius 1 is 1.21 bits per heavy atom. The summed E-state index contributed by atoms with van der Waals surface area (Å²) in [5.74, 6) is 0. The van der Waals surface area contributed by atoms with Gasteiger partial charge in [0.05, 0.1) is 5.52 Å². The van der Waals surface area contributed by atoms with Crippen molar-refractivity contribution in [3.63, 3.8) is 0 Å². The first-order valence-electron chi connectivity index (χ1n) is 4.54. The maximum absolute atomic E-state index is 10.6. The van der Waals surface area contributed by atoms with E-state index in [0.717, 1.165) is 28.4 Å². The topological polar surface area (TPSA) is 30.0 Å². The Bertz CT molecular complexity index is 503. The Balaban J connectivity index is 2.82. The summed E-state index contributed by atoms with van der Waals surface area (Å²) in [6, 6.07) is 7.68. The Morgan fingerprint density at radius 2 is 2.00 bits per heavy atom. The average Bonchev–Trinajstić information content (AvgIpc) is 2.19. The van der Waals surface area contributed by atoms with Gasteiger partial charge in [-0.3, -0.25) is 9.78 Å². The van der Waals surface area contributed by atoms with E-state index in [1.165, 1.54) is 0 Å². The van der Waals surface area contributed by atoms with Crippen LogP contribution in [0.3, 0.4) is 0 Å². The first-order chi connectivity index (χ1) is 6.70. The van der Waals surface area contributed by atoms with Crippen molar-refractivity contribution in [3.8, 4) is 0 Å². The van der Waals surface area contributed by atoms with Crippen molar-refractivity contribution in [1.82, 2.24) is 4.98 Å². The van der Waals surface area contributed by atoms with E-state index in [4.69, 9.17) is 0 Å². The van der Waals surface area contributed by atoms with E-state index in [2.05, 4.69) is 4.98 Å². The molecule has 70 valence electrons. The molecule has 0 amide bonds. The number of benzene rings is 1. The fraction of sp³-hybridized carbons (Fsp3) is 0.167. The van der Waals surface area contributed by atoms with Crippen molar-refractivity contribution < 1.29 is 4.79 Å². The summed E-state index contributed by atoms with van der Waals surface area (Å²) >= 11 is 0. The van der Waals surface area contributed by atoms with Crippen LogP contribution in [0.1, 0.15) is 21.6 Å². The van der Waals surface area contributed by atoms with E-state index in [-0.39, 0.29) is 0 Å². The molecule has 0 spiro atoms. The second-order valence-electron chi connectivity index (χ2n) is 3.48. The van der Waals surface area contributed by atoms with Gasteiger partial charge >= 0.3 is 0 Å². The highest BCUT2D eigenvalue weighted by Gasteiger charge is 2.01. The van der Waals surface area contributed by atoms with Gasteiger partial charge in [0.1, 0.15) is 6.29 Å². The zero-order valence-corrected chi connectivity index (χ0v) is 8.24. The summed E-state index contributed by atoms with van der Waals surface area (Å²) in [6.45, 7) is 3.94. The molecule has 1 aromatic heterocycles. The third kappa shape index (κ3) is 1.39. The zero-order valence-electron chi connectivity index (χ0n) is 8.24. The van der Waals surface area contributed by atoms with Crippen LogP contribution >= 0.6 is 0 Å². The predicted octanol–water partition coefficient (Wildman–Crippen LogP) is 2.66. The summed E-state index contributed by atoms with van der Waals surface area (Å²) < 4.78 is 0. The highest BCUT2D eigenvalue weighted by atomic mass is 16.1. The Labute approximate surface area is 82.6 Å². The molecule has 2 nitrogen and oxygen atoms in total. The first-order valence-corrected chi connectivity index (χ1v) is 4.54. The molecule has 0 unspecified atom stereocenters. The molecule has 14 heavy (non-hydrogen) atoms. The van der Waals surface area contributed by atoms with Gasteiger partial charge in [0.2, 0.25) is 0 Å². The SMILES string of the molecule is Cc1ccc2cc(C=O)cc(C)c2n1. The first kappa shape index (κ1) is 8.88. The molecule has 0 fully saturated rings. The number of nitrogens with zero attached hydrogens (tertiary/aromatic N) is 1. The van der Waals surface area contributed by atoms with Gasteiger partial charge in [-0.2, -0.15) is 0 Å². The van der Waals surface area contributed by atoms with Gasteiger partial charge in [-0.15, -0.1) is 0 Å². The number of fused-ring (bicyclic) bond motifs is 1. The van der Waals surface area contributed by atoms with Gasteiger partial charge < -0.3 is 0 Å². The lowest BCUT2D eigenvalue weighted by atomic mass is 10.1. The van der Waals surface area contributed by atoms with Crippen LogP contribution in [0.2, 0.25) is 0 Å². The van der Waals surface area contributed by atoms with Crippen molar-refractivity contribution in [3.05, 3.63) is 41.1 Å². The highest BCUT2D eigenvalue weighted by molar-refractivity contribution is 5.89. The second kappa shape index (κ2) is 3.22. The Morgan fingerprint density at radius 3 is 2.71 bits per heavy atom. The summed E-state index contributed by atoms with van der Waals surface area (Å²) in [7, 11) is 0. The van der Waals surface area contributed by atoms with E-state index >= 15 is 0 Å². The molecule has 2 rings (SSSR count). The minimum Gasteiger partial charge on any atom is -0.298 e. The summed E-state index contributed by atoms with van der Waals surface area (Å²) in [5, 5.41) is 1.03.